The van der Waals surface area contributed by atoms with Gasteiger partial charge in [0.2, 0.25) is 0 Å². The number of amides is 1. The Hall–Kier alpha value is -2.30. The van der Waals surface area contributed by atoms with Crippen LogP contribution in [0.15, 0.2) is 30.5 Å². The molecule has 0 aliphatic carbocycles. The van der Waals surface area contributed by atoms with Gasteiger partial charge in [0.15, 0.2) is 6.61 Å². The van der Waals surface area contributed by atoms with Gasteiger partial charge >= 0.3 is 5.97 Å². The van der Waals surface area contributed by atoms with Crippen molar-refractivity contribution in [1.82, 2.24) is 5.32 Å². The zero-order chi connectivity index (χ0) is 12.3. The summed E-state index contributed by atoms with van der Waals surface area (Å²) in [7, 11) is 0. The van der Waals surface area contributed by atoms with E-state index in [0.717, 1.165) is 11.1 Å². The SMILES string of the molecule is O=C(O)CO/C=C1/C(=O)NCc2ccccc21. The molecule has 17 heavy (non-hydrogen) atoms. The highest BCUT2D eigenvalue weighted by molar-refractivity contribution is 6.20. The molecule has 0 atom stereocenters. The summed E-state index contributed by atoms with van der Waals surface area (Å²) < 4.78 is 4.84. The lowest BCUT2D eigenvalue weighted by atomic mass is 9.97. The molecule has 0 fully saturated rings. The van der Waals surface area contributed by atoms with Crippen LogP contribution in [0.5, 0.6) is 0 Å². The number of carboxylic acid groups (broad SMARTS) is 1. The van der Waals surface area contributed by atoms with E-state index in [2.05, 4.69) is 5.32 Å². The third kappa shape index (κ3) is 2.44. The van der Waals surface area contributed by atoms with E-state index in [9.17, 15) is 9.59 Å². The van der Waals surface area contributed by atoms with Gasteiger partial charge < -0.3 is 15.2 Å². The van der Waals surface area contributed by atoms with Crippen LogP contribution in [-0.2, 0) is 20.9 Å². The lowest BCUT2D eigenvalue weighted by Gasteiger charge is -2.18. The molecule has 2 rings (SSSR count). The van der Waals surface area contributed by atoms with Gasteiger partial charge in [0.25, 0.3) is 5.91 Å². The molecule has 0 bridgehead atoms. The Morgan fingerprint density at radius 3 is 3.00 bits per heavy atom. The summed E-state index contributed by atoms with van der Waals surface area (Å²) >= 11 is 0. The summed E-state index contributed by atoms with van der Waals surface area (Å²) in [6, 6.07) is 7.42. The van der Waals surface area contributed by atoms with Crippen molar-refractivity contribution in [2.75, 3.05) is 6.61 Å². The molecule has 0 unspecified atom stereocenters. The standard InChI is InChI=1S/C12H11NO4/c14-11(15)7-17-6-10-9-4-2-1-3-8(9)5-13-12(10)16/h1-4,6H,5,7H2,(H,13,16)(H,14,15)/b10-6+. The Labute approximate surface area is 97.7 Å². The molecule has 0 spiro atoms. The van der Waals surface area contributed by atoms with Crippen LogP contribution >= 0.6 is 0 Å². The number of nitrogens with one attached hydrogen (secondary N) is 1. The third-order valence-electron chi connectivity index (χ3n) is 2.40. The van der Waals surface area contributed by atoms with Gasteiger partial charge in [-0.3, -0.25) is 4.79 Å². The molecule has 5 nitrogen and oxygen atoms in total. The first-order chi connectivity index (χ1) is 8.18. The number of rotatable bonds is 3. The molecule has 1 heterocycles. The fraction of sp³-hybridized carbons (Fsp3) is 0.167. The van der Waals surface area contributed by atoms with E-state index in [4.69, 9.17) is 9.84 Å². The van der Waals surface area contributed by atoms with Crippen LogP contribution in [0.4, 0.5) is 0 Å². The van der Waals surface area contributed by atoms with Crippen LogP contribution in [0.25, 0.3) is 5.57 Å². The Morgan fingerprint density at radius 1 is 1.47 bits per heavy atom. The maximum absolute atomic E-state index is 11.6. The lowest BCUT2D eigenvalue weighted by Crippen LogP contribution is -2.29. The predicted molar refractivity (Wildman–Crippen MR) is 59.9 cm³/mol. The third-order valence-corrected chi connectivity index (χ3v) is 2.40. The topological polar surface area (TPSA) is 75.6 Å². The molecule has 5 heteroatoms. The summed E-state index contributed by atoms with van der Waals surface area (Å²) in [6.07, 6.45) is 1.20. The van der Waals surface area contributed by atoms with Gasteiger partial charge in [-0.15, -0.1) is 0 Å². The number of ether oxygens (including phenoxy) is 1. The summed E-state index contributed by atoms with van der Waals surface area (Å²) in [6.45, 7) is 0.0181. The highest BCUT2D eigenvalue weighted by atomic mass is 16.5. The average Bonchev–Trinajstić information content (AvgIpc) is 2.32. The number of aliphatic carboxylic acids is 1. The van der Waals surface area contributed by atoms with Crippen LogP contribution in [0.2, 0.25) is 0 Å². The minimum Gasteiger partial charge on any atom is -0.489 e. The fourth-order valence-corrected chi connectivity index (χ4v) is 1.64. The van der Waals surface area contributed by atoms with Gasteiger partial charge in [-0.25, -0.2) is 4.79 Å². The van der Waals surface area contributed by atoms with Gasteiger partial charge in [-0.2, -0.15) is 0 Å². The van der Waals surface area contributed by atoms with Crippen molar-refractivity contribution >= 4 is 17.4 Å². The van der Waals surface area contributed by atoms with Gasteiger partial charge in [-0.1, -0.05) is 24.3 Å². The molecular weight excluding hydrogens is 222 g/mol. The monoisotopic (exact) mass is 233 g/mol. The van der Waals surface area contributed by atoms with E-state index in [1.54, 1.807) is 0 Å². The van der Waals surface area contributed by atoms with Crippen LogP contribution in [0.3, 0.4) is 0 Å². The minimum absolute atomic E-state index is 0.255. The molecule has 0 saturated heterocycles. The number of carboxylic acids is 1. The number of hydrogen-bond acceptors (Lipinski definition) is 3. The van der Waals surface area contributed by atoms with Crippen molar-refractivity contribution in [3.8, 4) is 0 Å². The second-order valence-corrected chi connectivity index (χ2v) is 3.58. The van der Waals surface area contributed by atoms with Crippen molar-refractivity contribution < 1.29 is 19.4 Å². The number of fused-ring (bicyclic) bond motifs is 1. The molecule has 1 aromatic rings. The smallest absolute Gasteiger partial charge is 0.341 e. The Balaban J connectivity index is 2.26. The van der Waals surface area contributed by atoms with E-state index in [1.165, 1.54) is 6.26 Å². The van der Waals surface area contributed by atoms with Crippen molar-refractivity contribution in [2.45, 2.75) is 6.54 Å². The van der Waals surface area contributed by atoms with Gasteiger partial charge in [0.05, 0.1) is 11.8 Å². The summed E-state index contributed by atoms with van der Waals surface area (Å²) in [4.78, 5) is 21.9. The van der Waals surface area contributed by atoms with E-state index in [-0.39, 0.29) is 5.91 Å². The average molecular weight is 233 g/mol. The summed E-state index contributed by atoms with van der Waals surface area (Å²) in [5.41, 5.74) is 2.12. The Bertz CT molecular complexity index is 493. The molecule has 1 aliphatic rings. The second kappa shape index (κ2) is 4.69. The normalized spacial score (nSPS) is 16.2. The zero-order valence-electron chi connectivity index (χ0n) is 8.97. The molecule has 1 aliphatic heterocycles. The maximum atomic E-state index is 11.6. The van der Waals surface area contributed by atoms with Crippen LogP contribution in [-0.4, -0.2) is 23.6 Å². The molecular formula is C12H11NO4. The van der Waals surface area contributed by atoms with Crippen molar-refractivity contribution in [1.29, 1.82) is 0 Å². The van der Waals surface area contributed by atoms with Gasteiger partial charge in [-0.05, 0) is 11.1 Å². The number of carbonyl (C=O) groups is 2. The first kappa shape index (κ1) is 11.2. The van der Waals surface area contributed by atoms with E-state index >= 15 is 0 Å². The Morgan fingerprint density at radius 2 is 2.24 bits per heavy atom. The summed E-state index contributed by atoms with van der Waals surface area (Å²) in [5, 5.41) is 11.1. The molecule has 88 valence electrons. The largest absolute Gasteiger partial charge is 0.489 e. The van der Waals surface area contributed by atoms with E-state index < -0.39 is 12.6 Å². The fourth-order valence-electron chi connectivity index (χ4n) is 1.64. The van der Waals surface area contributed by atoms with E-state index in [1.807, 2.05) is 24.3 Å². The second-order valence-electron chi connectivity index (χ2n) is 3.58. The predicted octanol–water partition coefficient (Wildman–Crippen LogP) is 0.758. The lowest BCUT2D eigenvalue weighted by molar-refractivity contribution is -0.140. The van der Waals surface area contributed by atoms with Crippen LogP contribution in [0.1, 0.15) is 11.1 Å². The van der Waals surface area contributed by atoms with Crippen molar-refractivity contribution in [2.24, 2.45) is 0 Å². The molecule has 0 saturated carbocycles. The molecule has 0 radical (unpaired) electrons. The first-order valence-electron chi connectivity index (χ1n) is 5.08. The number of carbonyl (C=O) groups excluding carboxylic acids is 1. The van der Waals surface area contributed by atoms with Gasteiger partial charge in [0, 0.05) is 6.54 Å². The first-order valence-corrected chi connectivity index (χ1v) is 5.08. The summed E-state index contributed by atoms with van der Waals surface area (Å²) in [5.74, 6) is -1.33. The zero-order valence-corrected chi connectivity index (χ0v) is 8.97. The van der Waals surface area contributed by atoms with Crippen LogP contribution < -0.4 is 5.32 Å². The Kier molecular flexibility index (Phi) is 3.09. The van der Waals surface area contributed by atoms with Crippen LogP contribution in [0, 0.1) is 0 Å². The molecule has 2 N–H and O–H groups in total. The van der Waals surface area contributed by atoms with Gasteiger partial charge in [0.1, 0.15) is 0 Å². The highest BCUT2D eigenvalue weighted by Crippen LogP contribution is 2.23. The minimum atomic E-state index is -1.08. The highest BCUT2D eigenvalue weighted by Gasteiger charge is 2.20. The number of benzene rings is 1. The van der Waals surface area contributed by atoms with Crippen molar-refractivity contribution in [3.63, 3.8) is 0 Å². The number of hydrogen-bond donors (Lipinski definition) is 2. The maximum Gasteiger partial charge on any atom is 0.341 e. The van der Waals surface area contributed by atoms with Crippen molar-refractivity contribution in [3.05, 3.63) is 41.7 Å². The molecule has 0 aromatic heterocycles. The van der Waals surface area contributed by atoms with E-state index in [0.29, 0.717) is 12.1 Å². The quantitative estimate of drug-likeness (QED) is 0.597. The molecule has 1 amide bonds. The molecule has 1 aromatic carbocycles.